The average Bonchev–Trinajstić information content (AvgIpc) is 3.21. The van der Waals surface area contributed by atoms with E-state index in [0.29, 0.717) is 35.3 Å². The molecule has 3 aliphatic rings. The van der Waals surface area contributed by atoms with Gasteiger partial charge in [0.25, 0.3) is 0 Å². The van der Waals surface area contributed by atoms with Crippen molar-refractivity contribution >= 4 is 28.9 Å². The van der Waals surface area contributed by atoms with Gasteiger partial charge in [-0.15, -0.1) is 6.58 Å². The standard InChI is InChI=1S/C28H42N6O2/c1-4-19-12-14-20(15-13-19)17-34-23-24(29-18(3)21-9-8-10-21)30-26(27(35)36)31-25(23)32-28(34)33-16-7-6-11-22(33)5-2/h4,18-22H,1,5-17H2,2-3H3,(H,35,36)(H,29,30,31)/t18-,19?,20?,22?/m1/s1. The van der Waals surface area contributed by atoms with Crippen LogP contribution in [0.2, 0.25) is 0 Å². The smallest absolute Gasteiger partial charge is 0.374 e. The Balaban J connectivity index is 1.59. The van der Waals surface area contributed by atoms with Gasteiger partial charge in [0.1, 0.15) is 5.52 Å². The van der Waals surface area contributed by atoms with E-state index in [0.717, 1.165) is 37.4 Å². The number of carbonyl (C=O) groups is 1. The summed E-state index contributed by atoms with van der Waals surface area (Å²) < 4.78 is 2.34. The Labute approximate surface area is 214 Å². The van der Waals surface area contributed by atoms with Gasteiger partial charge in [-0.1, -0.05) is 19.4 Å². The number of allylic oxidation sites excluding steroid dienone is 1. The molecule has 2 N–H and O–H groups in total. The first-order valence-corrected chi connectivity index (χ1v) is 14.2. The van der Waals surface area contributed by atoms with Crippen LogP contribution in [-0.4, -0.2) is 49.2 Å². The number of rotatable bonds is 9. The molecular formula is C28H42N6O2. The van der Waals surface area contributed by atoms with Crippen molar-refractivity contribution in [3.63, 3.8) is 0 Å². The zero-order chi connectivity index (χ0) is 25.2. The second-order valence-corrected chi connectivity index (χ2v) is 11.3. The second-order valence-electron chi connectivity index (χ2n) is 11.3. The highest BCUT2D eigenvalue weighted by molar-refractivity contribution is 5.91. The van der Waals surface area contributed by atoms with Crippen molar-refractivity contribution in [2.45, 2.75) is 103 Å². The van der Waals surface area contributed by atoms with E-state index in [1.165, 1.54) is 57.8 Å². The molecule has 196 valence electrons. The van der Waals surface area contributed by atoms with E-state index in [1.807, 2.05) is 0 Å². The fourth-order valence-electron chi connectivity index (χ4n) is 6.44. The van der Waals surface area contributed by atoms with Crippen LogP contribution in [0.25, 0.3) is 11.2 Å². The molecular weight excluding hydrogens is 452 g/mol. The quantitative estimate of drug-likeness (QED) is 0.420. The molecule has 8 heteroatoms. The van der Waals surface area contributed by atoms with Gasteiger partial charge in [0, 0.05) is 25.2 Å². The number of nitrogens with one attached hydrogen (secondary N) is 1. The number of carboxylic acid groups (broad SMARTS) is 1. The minimum absolute atomic E-state index is 0.181. The summed E-state index contributed by atoms with van der Waals surface area (Å²) >= 11 is 0. The number of hydrogen-bond donors (Lipinski definition) is 2. The molecule has 2 aromatic heterocycles. The number of hydrogen-bond acceptors (Lipinski definition) is 6. The highest BCUT2D eigenvalue weighted by Gasteiger charge is 2.32. The largest absolute Gasteiger partial charge is 0.475 e. The molecule has 2 aromatic rings. The van der Waals surface area contributed by atoms with Crippen molar-refractivity contribution in [1.82, 2.24) is 19.5 Å². The van der Waals surface area contributed by atoms with Crippen LogP contribution in [0.15, 0.2) is 12.7 Å². The molecule has 2 atom stereocenters. The molecule has 0 bridgehead atoms. The predicted octanol–water partition coefficient (Wildman–Crippen LogP) is 5.89. The van der Waals surface area contributed by atoms with Crippen molar-refractivity contribution in [2.75, 3.05) is 16.8 Å². The van der Waals surface area contributed by atoms with Crippen LogP contribution in [0.1, 0.15) is 95.1 Å². The summed E-state index contributed by atoms with van der Waals surface area (Å²) in [6, 6.07) is 0.676. The third kappa shape index (κ3) is 4.96. The Kier molecular flexibility index (Phi) is 7.49. The molecule has 1 saturated heterocycles. The Bertz CT molecular complexity index is 1090. The number of imidazole rings is 1. The molecule has 0 radical (unpaired) electrons. The van der Waals surface area contributed by atoms with Crippen LogP contribution in [0.5, 0.6) is 0 Å². The second kappa shape index (κ2) is 10.8. The summed E-state index contributed by atoms with van der Waals surface area (Å²) in [5.74, 6) is 2.05. The Hall–Kier alpha value is -2.64. The number of aromatic carboxylic acids is 1. The molecule has 8 nitrogen and oxygen atoms in total. The SMILES string of the molecule is C=CC1CCC(Cn2c(N3CCCCC3CC)nc3nc(C(=O)O)nc(N[C@H](C)C4CCC4)c32)CC1. The number of anilines is 2. The number of aromatic nitrogens is 4. The summed E-state index contributed by atoms with van der Waals surface area (Å²) in [5, 5.41) is 13.4. The van der Waals surface area contributed by atoms with Gasteiger partial charge in [0.15, 0.2) is 11.5 Å². The maximum absolute atomic E-state index is 11.9. The molecule has 1 unspecified atom stereocenters. The summed E-state index contributed by atoms with van der Waals surface area (Å²) in [6.07, 6.45) is 15.1. The van der Waals surface area contributed by atoms with Crippen LogP contribution >= 0.6 is 0 Å². The molecule has 5 rings (SSSR count). The van der Waals surface area contributed by atoms with E-state index >= 15 is 0 Å². The number of carboxylic acids is 1. The fourth-order valence-corrected chi connectivity index (χ4v) is 6.44. The minimum atomic E-state index is -1.11. The first-order chi connectivity index (χ1) is 17.5. The average molecular weight is 495 g/mol. The van der Waals surface area contributed by atoms with Gasteiger partial charge in [-0.3, -0.25) is 0 Å². The van der Waals surface area contributed by atoms with Gasteiger partial charge in [0.2, 0.25) is 11.8 Å². The zero-order valence-electron chi connectivity index (χ0n) is 22.0. The molecule has 0 spiro atoms. The van der Waals surface area contributed by atoms with Crippen molar-refractivity contribution in [2.24, 2.45) is 17.8 Å². The van der Waals surface area contributed by atoms with Gasteiger partial charge in [0.05, 0.1) is 0 Å². The highest BCUT2D eigenvalue weighted by atomic mass is 16.4. The van der Waals surface area contributed by atoms with E-state index in [4.69, 9.17) is 4.98 Å². The van der Waals surface area contributed by atoms with E-state index in [9.17, 15) is 9.90 Å². The molecule has 1 aliphatic heterocycles. The van der Waals surface area contributed by atoms with Gasteiger partial charge in [-0.25, -0.2) is 14.8 Å². The lowest BCUT2D eigenvalue weighted by molar-refractivity contribution is 0.0684. The number of fused-ring (bicyclic) bond motifs is 1. The topological polar surface area (TPSA) is 96.2 Å². The first kappa shape index (κ1) is 25.0. The van der Waals surface area contributed by atoms with Crippen LogP contribution in [-0.2, 0) is 6.54 Å². The van der Waals surface area contributed by atoms with Crippen LogP contribution in [0, 0.1) is 17.8 Å². The first-order valence-electron chi connectivity index (χ1n) is 14.2. The normalized spacial score (nSPS) is 25.9. The van der Waals surface area contributed by atoms with E-state index in [-0.39, 0.29) is 11.9 Å². The lowest BCUT2D eigenvalue weighted by atomic mass is 9.80. The van der Waals surface area contributed by atoms with Gasteiger partial charge in [-0.2, -0.15) is 4.98 Å². The van der Waals surface area contributed by atoms with Crippen molar-refractivity contribution < 1.29 is 9.90 Å². The summed E-state index contributed by atoms with van der Waals surface area (Å²) in [5.41, 5.74) is 1.37. The summed E-state index contributed by atoms with van der Waals surface area (Å²) in [4.78, 5) is 28.4. The molecule has 36 heavy (non-hydrogen) atoms. The highest BCUT2D eigenvalue weighted by Crippen LogP contribution is 2.37. The maximum atomic E-state index is 11.9. The molecule has 3 heterocycles. The molecule has 3 fully saturated rings. The van der Waals surface area contributed by atoms with Gasteiger partial charge in [-0.05, 0) is 88.9 Å². The zero-order valence-corrected chi connectivity index (χ0v) is 22.0. The van der Waals surface area contributed by atoms with Crippen molar-refractivity contribution in [3.05, 3.63) is 18.5 Å². The number of piperidine rings is 1. The van der Waals surface area contributed by atoms with E-state index < -0.39 is 5.97 Å². The fraction of sp³-hybridized carbons (Fsp3) is 0.714. The third-order valence-corrected chi connectivity index (χ3v) is 9.02. The lowest BCUT2D eigenvalue weighted by Crippen LogP contribution is -2.41. The van der Waals surface area contributed by atoms with Gasteiger partial charge >= 0.3 is 5.97 Å². The Morgan fingerprint density at radius 3 is 2.53 bits per heavy atom. The Morgan fingerprint density at radius 1 is 1.11 bits per heavy atom. The molecule has 2 aliphatic carbocycles. The monoisotopic (exact) mass is 494 g/mol. The van der Waals surface area contributed by atoms with E-state index in [1.54, 1.807) is 0 Å². The summed E-state index contributed by atoms with van der Waals surface area (Å²) in [6.45, 7) is 10.3. The molecule has 0 amide bonds. The third-order valence-electron chi connectivity index (χ3n) is 9.02. The minimum Gasteiger partial charge on any atom is -0.475 e. The molecule has 2 saturated carbocycles. The Morgan fingerprint density at radius 2 is 1.89 bits per heavy atom. The van der Waals surface area contributed by atoms with Crippen molar-refractivity contribution in [1.29, 1.82) is 0 Å². The van der Waals surface area contributed by atoms with E-state index in [2.05, 4.69) is 51.3 Å². The number of nitrogens with zero attached hydrogens (tertiary/aromatic N) is 5. The van der Waals surface area contributed by atoms with Crippen molar-refractivity contribution in [3.8, 4) is 0 Å². The van der Waals surface area contributed by atoms with Crippen LogP contribution in [0.4, 0.5) is 11.8 Å². The predicted molar refractivity (Wildman–Crippen MR) is 144 cm³/mol. The van der Waals surface area contributed by atoms with Crippen LogP contribution in [0.3, 0.4) is 0 Å². The maximum Gasteiger partial charge on any atom is 0.374 e. The van der Waals surface area contributed by atoms with Gasteiger partial charge < -0.3 is 19.9 Å². The molecule has 0 aromatic carbocycles. The summed E-state index contributed by atoms with van der Waals surface area (Å²) in [7, 11) is 0. The van der Waals surface area contributed by atoms with Crippen LogP contribution < -0.4 is 10.2 Å². The lowest BCUT2D eigenvalue weighted by Gasteiger charge is -2.37.